The van der Waals surface area contributed by atoms with Gasteiger partial charge in [0.15, 0.2) is 0 Å². The van der Waals surface area contributed by atoms with Gasteiger partial charge >= 0.3 is 0 Å². The van der Waals surface area contributed by atoms with Gasteiger partial charge in [-0.1, -0.05) is 18.2 Å². The number of carbonyl (C=O) groups is 1. The third-order valence-electron chi connectivity index (χ3n) is 3.44. The number of benzene rings is 1. The quantitative estimate of drug-likeness (QED) is 0.881. The van der Waals surface area contributed by atoms with Crippen molar-refractivity contribution in [1.82, 2.24) is 10.2 Å². The lowest BCUT2D eigenvalue weighted by Crippen LogP contribution is -2.41. The van der Waals surface area contributed by atoms with Gasteiger partial charge in [0.1, 0.15) is 5.82 Å². The van der Waals surface area contributed by atoms with E-state index in [9.17, 15) is 9.18 Å². The summed E-state index contributed by atoms with van der Waals surface area (Å²) in [6, 6.07) is 6.35. The molecule has 1 fully saturated rings. The zero-order chi connectivity index (χ0) is 14.4. The lowest BCUT2D eigenvalue weighted by Gasteiger charge is -2.30. The number of likely N-dealkylation sites (N-methyl/N-ethyl adjacent to an activating group) is 1. The lowest BCUT2D eigenvalue weighted by atomic mass is 10.1. The molecule has 0 aromatic heterocycles. The summed E-state index contributed by atoms with van der Waals surface area (Å²) in [5.74, 6) is -0.487. The van der Waals surface area contributed by atoms with Gasteiger partial charge in [0.25, 0.3) is 0 Å². The Morgan fingerprint density at radius 1 is 1.50 bits per heavy atom. The summed E-state index contributed by atoms with van der Waals surface area (Å²) in [7, 11) is 2.06. The Labute approximate surface area is 118 Å². The Bertz CT molecular complexity index is 453. The molecule has 1 aromatic carbocycles. The largest absolute Gasteiger partial charge is 0.375 e. The number of morpholine rings is 1. The number of hydrogen-bond donors (Lipinski definition) is 1. The number of rotatable bonds is 5. The van der Waals surface area contributed by atoms with Crippen LogP contribution in [0.2, 0.25) is 0 Å². The molecule has 1 N–H and O–H groups in total. The second kappa shape index (κ2) is 7.36. The number of carbonyl (C=O) groups excluding carboxylic acids is 1. The molecule has 5 heteroatoms. The summed E-state index contributed by atoms with van der Waals surface area (Å²) in [6.07, 6.45) is 1.04. The van der Waals surface area contributed by atoms with Crippen molar-refractivity contribution in [1.29, 1.82) is 0 Å². The highest BCUT2D eigenvalue weighted by Gasteiger charge is 2.17. The standard InChI is InChI=1S/C15H21FN2O2/c1-18-8-9-20-13(11-18)6-7-17-15(19)10-12-4-2-3-5-14(12)16/h2-5,13H,6-11H2,1H3,(H,17,19). The maximum absolute atomic E-state index is 13.4. The van der Waals surface area contributed by atoms with Crippen molar-refractivity contribution in [3.05, 3.63) is 35.6 Å². The van der Waals surface area contributed by atoms with E-state index in [-0.39, 0.29) is 24.2 Å². The number of halogens is 1. The lowest BCUT2D eigenvalue weighted by molar-refractivity contribution is -0.120. The first-order chi connectivity index (χ1) is 9.65. The molecular weight excluding hydrogens is 259 g/mol. The Morgan fingerprint density at radius 3 is 3.05 bits per heavy atom. The van der Waals surface area contributed by atoms with E-state index in [1.165, 1.54) is 6.07 Å². The van der Waals surface area contributed by atoms with E-state index in [1.807, 2.05) is 0 Å². The second-order valence-electron chi connectivity index (χ2n) is 5.16. The van der Waals surface area contributed by atoms with Crippen LogP contribution in [0.1, 0.15) is 12.0 Å². The summed E-state index contributed by atoms with van der Waals surface area (Å²) in [5.41, 5.74) is 0.429. The summed E-state index contributed by atoms with van der Waals surface area (Å²) in [4.78, 5) is 14.0. The highest BCUT2D eigenvalue weighted by atomic mass is 19.1. The van der Waals surface area contributed by atoms with E-state index in [1.54, 1.807) is 18.2 Å². The molecule has 0 radical (unpaired) electrons. The second-order valence-corrected chi connectivity index (χ2v) is 5.16. The summed E-state index contributed by atoms with van der Waals surface area (Å²) < 4.78 is 19.0. The zero-order valence-corrected chi connectivity index (χ0v) is 11.8. The minimum atomic E-state index is -0.333. The summed E-state index contributed by atoms with van der Waals surface area (Å²) in [6.45, 7) is 3.15. The highest BCUT2D eigenvalue weighted by Crippen LogP contribution is 2.08. The fraction of sp³-hybridized carbons (Fsp3) is 0.533. The van der Waals surface area contributed by atoms with Crippen LogP contribution in [0.4, 0.5) is 4.39 Å². The fourth-order valence-electron chi connectivity index (χ4n) is 2.29. The molecular formula is C15H21FN2O2. The van der Waals surface area contributed by atoms with E-state index in [0.717, 1.165) is 26.1 Å². The van der Waals surface area contributed by atoms with Gasteiger partial charge < -0.3 is 15.0 Å². The van der Waals surface area contributed by atoms with Crippen LogP contribution in [-0.4, -0.2) is 50.2 Å². The monoisotopic (exact) mass is 280 g/mol. The van der Waals surface area contributed by atoms with Crippen molar-refractivity contribution in [2.75, 3.05) is 33.3 Å². The molecule has 20 heavy (non-hydrogen) atoms. The van der Waals surface area contributed by atoms with Crippen LogP contribution >= 0.6 is 0 Å². The van der Waals surface area contributed by atoms with E-state index in [4.69, 9.17) is 4.74 Å². The molecule has 2 rings (SSSR count). The third kappa shape index (κ3) is 4.58. The minimum Gasteiger partial charge on any atom is -0.375 e. The zero-order valence-electron chi connectivity index (χ0n) is 11.8. The molecule has 1 aromatic rings. The molecule has 0 saturated carbocycles. The normalized spacial score (nSPS) is 19.8. The van der Waals surface area contributed by atoms with Gasteiger partial charge in [-0.2, -0.15) is 0 Å². The van der Waals surface area contributed by atoms with E-state index in [0.29, 0.717) is 12.1 Å². The molecule has 1 saturated heterocycles. The van der Waals surface area contributed by atoms with Gasteiger partial charge in [0.2, 0.25) is 5.91 Å². The van der Waals surface area contributed by atoms with Gasteiger partial charge in [-0.15, -0.1) is 0 Å². The minimum absolute atomic E-state index is 0.0814. The van der Waals surface area contributed by atoms with Crippen LogP contribution in [0.25, 0.3) is 0 Å². The topological polar surface area (TPSA) is 41.6 Å². The molecule has 1 unspecified atom stereocenters. The Hall–Kier alpha value is -1.46. The van der Waals surface area contributed by atoms with Crippen molar-refractivity contribution < 1.29 is 13.9 Å². The molecule has 0 spiro atoms. The first-order valence-electron chi connectivity index (χ1n) is 6.95. The SMILES string of the molecule is CN1CCOC(CCNC(=O)Cc2ccccc2F)C1. The molecule has 1 atom stereocenters. The van der Waals surface area contributed by atoms with Crippen molar-refractivity contribution in [2.45, 2.75) is 18.9 Å². The first kappa shape index (κ1) is 14.9. The molecule has 110 valence electrons. The van der Waals surface area contributed by atoms with Crippen LogP contribution in [-0.2, 0) is 16.0 Å². The van der Waals surface area contributed by atoms with Crippen LogP contribution in [0.3, 0.4) is 0 Å². The Morgan fingerprint density at radius 2 is 2.30 bits per heavy atom. The third-order valence-corrected chi connectivity index (χ3v) is 3.44. The number of ether oxygens (including phenoxy) is 1. The number of nitrogens with zero attached hydrogens (tertiary/aromatic N) is 1. The van der Waals surface area contributed by atoms with Crippen molar-refractivity contribution in [3.63, 3.8) is 0 Å². The van der Waals surface area contributed by atoms with Crippen LogP contribution in [0.5, 0.6) is 0 Å². The molecule has 1 amide bonds. The van der Waals surface area contributed by atoms with E-state index < -0.39 is 0 Å². The smallest absolute Gasteiger partial charge is 0.224 e. The van der Waals surface area contributed by atoms with Crippen LogP contribution in [0, 0.1) is 5.82 Å². The van der Waals surface area contributed by atoms with Crippen LogP contribution in [0.15, 0.2) is 24.3 Å². The molecule has 1 aliphatic rings. The predicted octanol–water partition coefficient (Wildman–Crippen LogP) is 1.21. The van der Waals surface area contributed by atoms with Gasteiger partial charge in [-0.05, 0) is 25.1 Å². The van der Waals surface area contributed by atoms with Crippen LogP contribution < -0.4 is 5.32 Å². The molecule has 4 nitrogen and oxygen atoms in total. The summed E-state index contributed by atoms with van der Waals surface area (Å²) in [5, 5.41) is 2.82. The Kier molecular flexibility index (Phi) is 5.49. The van der Waals surface area contributed by atoms with Gasteiger partial charge in [0, 0.05) is 19.6 Å². The average Bonchev–Trinajstić information content (AvgIpc) is 2.41. The van der Waals surface area contributed by atoms with Gasteiger partial charge in [0.05, 0.1) is 19.1 Å². The Balaban J connectivity index is 1.69. The predicted molar refractivity (Wildman–Crippen MR) is 75.0 cm³/mol. The van der Waals surface area contributed by atoms with Gasteiger partial charge in [-0.25, -0.2) is 4.39 Å². The molecule has 0 aliphatic carbocycles. The number of amides is 1. The number of nitrogens with one attached hydrogen (secondary N) is 1. The molecule has 1 heterocycles. The van der Waals surface area contributed by atoms with Crippen molar-refractivity contribution in [3.8, 4) is 0 Å². The van der Waals surface area contributed by atoms with E-state index in [2.05, 4.69) is 17.3 Å². The molecule has 1 aliphatic heterocycles. The highest BCUT2D eigenvalue weighted by molar-refractivity contribution is 5.78. The fourth-order valence-corrected chi connectivity index (χ4v) is 2.29. The van der Waals surface area contributed by atoms with Crippen molar-refractivity contribution >= 4 is 5.91 Å². The van der Waals surface area contributed by atoms with Crippen molar-refractivity contribution in [2.24, 2.45) is 0 Å². The average molecular weight is 280 g/mol. The first-order valence-corrected chi connectivity index (χ1v) is 6.95. The summed E-state index contributed by atoms with van der Waals surface area (Å²) >= 11 is 0. The number of hydrogen-bond acceptors (Lipinski definition) is 3. The maximum atomic E-state index is 13.4. The maximum Gasteiger partial charge on any atom is 0.224 e. The van der Waals surface area contributed by atoms with Gasteiger partial charge in [-0.3, -0.25) is 4.79 Å². The molecule has 0 bridgehead atoms. The van der Waals surface area contributed by atoms with E-state index >= 15 is 0 Å².